The molecule has 0 aliphatic heterocycles. The molecule has 0 radical (unpaired) electrons. The minimum absolute atomic E-state index is 0.627. The summed E-state index contributed by atoms with van der Waals surface area (Å²) in [5.41, 5.74) is 0. The third-order valence-electron chi connectivity index (χ3n) is 4.74. The second kappa shape index (κ2) is 6.35. The van der Waals surface area contributed by atoms with Gasteiger partial charge in [0.05, 0.1) is 0 Å². The Kier molecular flexibility index (Phi) is 6.24. The molecule has 0 spiro atoms. The maximum Gasteiger partial charge on any atom is -0.0236 e. The van der Waals surface area contributed by atoms with Crippen LogP contribution in [0.3, 0.4) is 0 Å². The van der Waals surface area contributed by atoms with Crippen LogP contribution in [0.4, 0.5) is 0 Å². The van der Waals surface area contributed by atoms with E-state index in [2.05, 4.69) is 61.1 Å². The van der Waals surface area contributed by atoms with Crippen LogP contribution in [0.5, 0.6) is 0 Å². The number of allylic oxidation sites excluding steroid dienone is 1. The molecule has 0 nitrogen and oxygen atoms in total. The monoisotopic (exact) mass is 210 g/mol. The minimum atomic E-state index is 0.627. The summed E-state index contributed by atoms with van der Waals surface area (Å²) in [6.45, 7) is 20.4. The molecule has 0 N–H and O–H groups in total. The zero-order valence-corrected chi connectivity index (χ0v) is 11.7. The predicted molar refractivity (Wildman–Crippen MR) is 70.9 cm³/mol. The van der Waals surface area contributed by atoms with Crippen LogP contribution in [0.15, 0.2) is 12.7 Å². The molecule has 0 heteroatoms. The summed E-state index contributed by atoms with van der Waals surface area (Å²) in [6, 6.07) is 0. The van der Waals surface area contributed by atoms with Gasteiger partial charge in [-0.1, -0.05) is 54.5 Å². The second-order valence-electron chi connectivity index (χ2n) is 5.78. The molecule has 0 rings (SSSR count). The van der Waals surface area contributed by atoms with Crippen LogP contribution in [0.25, 0.3) is 0 Å². The van der Waals surface area contributed by atoms with Gasteiger partial charge in [0.25, 0.3) is 0 Å². The molecule has 15 heavy (non-hydrogen) atoms. The topological polar surface area (TPSA) is 0 Å². The fourth-order valence-corrected chi connectivity index (χ4v) is 2.26. The van der Waals surface area contributed by atoms with E-state index in [9.17, 15) is 0 Å². The van der Waals surface area contributed by atoms with Crippen molar-refractivity contribution in [3.8, 4) is 0 Å². The van der Waals surface area contributed by atoms with Crippen molar-refractivity contribution in [3.63, 3.8) is 0 Å². The second-order valence-corrected chi connectivity index (χ2v) is 5.78. The molecule has 0 aromatic carbocycles. The number of hydrogen-bond donors (Lipinski definition) is 0. The molecule has 0 saturated carbocycles. The van der Waals surface area contributed by atoms with E-state index in [-0.39, 0.29) is 0 Å². The van der Waals surface area contributed by atoms with Crippen molar-refractivity contribution in [2.75, 3.05) is 0 Å². The lowest BCUT2D eigenvalue weighted by atomic mass is 9.71. The lowest BCUT2D eigenvalue weighted by Gasteiger charge is -2.34. The Morgan fingerprint density at radius 2 is 1.07 bits per heavy atom. The van der Waals surface area contributed by atoms with E-state index in [1.165, 1.54) is 0 Å². The molecule has 0 amide bonds. The van der Waals surface area contributed by atoms with Gasteiger partial charge in [0.2, 0.25) is 0 Å². The molecule has 0 aliphatic rings. The minimum Gasteiger partial charge on any atom is -0.103 e. The molecule has 0 aromatic heterocycles. The van der Waals surface area contributed by atoms with E-state index >= 15 is 0 Å². The summed E-state index contributed by atoms with van der Waals surface area (Å²) in [6.07, 6.45) is 2.09. The molecule has 0 bridgehead atoms. The summed E-state index contributed by atoms with van der Waals surface area (Å²) < 4.78 is 0. The molecule has 0 fully saturated rings. The zero-order chi connectivity index (χ0) is 12.2. The Morgan fingerprint density at radius 3 is 1.40 bits per heavy atom. The third-order valence-corrected chi connectivity index (χ3v) is 4.74. The van der Waals surface area contributed by atoms with Crippen LogP contribution in [0.1, 0.15) is 48.5 Å². The maximum atomic E-state index is 3.90. The van der Waals surface area contributed by atoms with Crippen LogP contribution in [-0.2, 0) is 0 Å². The van der Waals surface area contributed by atoms with Crippen LogP contribution in [-0.4, -0.2) is 0 Å². The van der Waals surface area contributed by atoms with Crippen molar-refractivity contribution >= 4 is 0 Å². The quantitative estimate of drug-likeness (QED) is 0.541. The first-order valence-electron chi connectivity index (χ1n) is 6.45. The third kappa shape index (κ3) is 4.01. The standard InChI is InChI=1S/C15H30/c1-9-11(4)13(6)15(8)14(7)12(5)10(2)3/h9-15H,1H2,2-8H3. The van der Waals surface area contributed by atoms with Crippen LogP contribution >= 0.6 is 0 Å². The summed E-state index contributed by atoms with van der Waals surface area (Å²) in [4.78, 5) is 0. The average Bonchev–Trinajstić information content (AvgIpc) is 2.23. The largest absolute Gasteiger partial charge is 0.103 e. The average molecular weight is 210 g/mol. The van der Waals surface area contributed by atoms with Crippen LogP contribution in [0.2, 0.25) is 0 Å². The first-order valence-corrected chi connectivity index (χ1v) is 6.45. The molecular weight excluding hydrogens is 180 g/mol. The van der Waals surface area contributed by atoms with Crippen molar-refractivity contribution < 1.29 is 0 Å². The Labute approximate surface area is 97.2 Å². The van der Waals surface area contributed by atoms with E-state index in [1.54, 1.807) is 0 Å². The number of rotatable bonds is 6. The van der Waals surface area contributed by atoms with E-state index < -0.39 is 0 Å². The first kappa shape index (κ1) is 14.7. The highest BCUT2D eigenvalue weighted by Gasteiger charge is 2.27. The Morgan fingerprint density at radius 1 is 0.667 bits per heavy atom. The highest BCUT2D eigenvalue weighted by molar-refractivity contribution is 4.84. The molecule has 5 unspecified atom stereocenters. The summed E-state index contributed by atoms with van der Waals surface area (Å²) in [5, 5.41) is 0. The van der Waals surface area contributed by atoms with Gasteiger partial charge in [-0.05, 0) is 35.5 Å². The van der Waals surface area contributed by atoms with Crippen molar-refractivity contribution in [1.82, 2.24) is 0 Å². The Bertz CT molecular complexity index is 180. The van der Waals surface area contributed by atoms with E-state index in [1.807, 2.05) is 0 Å². The van der Waals surface area contributed by atoms with Gasteiger partial charge in [-0.3, -0.25) is 0 Å². The highest BCUT2D eigenvalue weighted by Crippen LogP contribution is 2.34. The van der Waals surface area contributed by atoms with Gasteiger partial charge in [0.15, 0.2) is 0 Å². The molecule has 0 aliphatic carbocycles. The van der Waals surface area contributed by atoms with Gasteiger partial charge in [-0.25, -0.2) is 0 Å². The fraction of sp³-hybridized carbons (Fsp3) is 0.867. The zero-order valence-electron chi connectivity index (χ0n) is 11.7. The van der Waals surface area contributed by atoms with Gasteiger partial charge in [-0.2, -0.15) is 0 Å². The van der Waals surface area contributed by atoms with E-state index in [0.29, 0.717) is 5.92 Å². The highest BCUT2D eigenvalue weighted by atomic mass is 14.3. The van der Waals surface area contributed by atoms with E-state index in [0.717, 1.165) is 29.6 Å². The Hall–Kier alpha value is -0.260. The van der Waals surface area contributed by atoms with Gasteiger partial charge in [0.1, 0.15) is 0 Å². The SMILES string of the molecule is C=CC(C)C(C)C(C)C(C)C(C)C(C)C. The molecule has 0 aromatic rings. The van der Waals surface area contributed by atoms with Crippen molar-refractivity contribution in [2.24, 2.45) is 35.5 Å². The van der Waals surface area contributed by atoms with Gasteiger partial charge >= 0.3 is 0 Å². The molecular formula is C15H30. The van der Waals surface area contributed by atoms with Crippen LogP contribution in [0, 0.1) is 35.5 Å². The van der Waals surface area contributed by atoms with Gasteiger partial charge in [0, 0.05) is 0 Å². The molecule has 0 saturated heterocycles. The Balaban J connectivity index is 4.42. The predicted octanol–water partition coefficient (Wildman–Crippen LogP) is 5.01. The van der Waals surface area contributed by atoms with Gasteiger partial charge in [-0.15, -0.1) is 6.58 Å². The lowest BCUT2D eigenvalue weighted by Crippen LogP contribution is -2.27. The maximum absolute atomic E-state index is 3.90. The van der Waals surface area contributed by atoms with E-state index in [4.69, 9.17) is 0 Å². The van der Waals surface area contributed by atoms with Crippen molar-refractivity contribution in [1.29, 1.82) is 0 Å². The molecule has 5 atom stereocenters. The lowest BCUT2D eigenvalue weighted by molar-refractivity contribution is 0.157. The summed E-state index contributed by atoms with van der Waals surface area (Å²) >= 11 is 0. The normalized spacial score (nSPS) is 21.9. The molecule has 0 heterocycles. The van der Waals surface area contributed by atoms with Crippen LogP contribution < -0.4 is 0 Å². The smallest absolute Gasteiger partial charge is 0.0236 e. The fourth-order valence-electron chi connectivity index (χ4n) is 2.26. The summed E-state index contributed by atoms with van der Waals surface area (Å²) in [5.74, 6) is 4.52. The van der Waals surface area contributed by atoms with Crippen molar-refractivity contribution in [2.45, 2.75) is 48.5 Å². The van der Waals surface area contributed by atoms with Crippen molar-refractivity contribution in [3.05, 3.63) is 12.7 Å². The van der Waals surface area contributed by atoms with Gasteiger partial charge < -0.3 is 0 Å². The first-order chi connectivity index (χ1) is 6.82. The summed E-state index contributed by atoms with van der Waals surface area (Å²) in [7, 11) is 0. The molecule has 90 valence electrons. The number of hydrogen-bond acceptors (Lipinski definition) is 0.